The van der Waals surface area contributed by atoms with Gasteiger partial charge in [0.1, 0.15) is 18.5 Å². The van der Waals surface area contributed by atoms with Gasteiger partial charge in [-0.15, -0.1) is 0 Å². The Balaban J connectivity index is 1.62. The van der Waals surface area contributed by atoms with E-state index in [-0.39, 0.29) is 18.3 Å². The number of rotatable bonds is 8. The Morgan fingerprint density at radius 3 is 2.67 bits per heavy atom. The summed E-state index contributed by atoms with van der Waals surface area (Å²) in [4.78, 5) is 37.4. The van der Waals surface area contributed by atoms with E-state index in [0.29, 0.717) is 29.6 Å². The first-order chi connectivity index (χ1) is 16.1. The van der Waals surface area contributed by atoms with Gasteiger partial charge in [-0.2, -0.15) is 0 Å². The summed E-state index contributed by atoms with van der Waals surface area (Å²) in [6, 6.07) is 8.54. The Morgan fingerprint density at radius 2 is 1.97 bits per heavy atom. The summed E-state index contributed by atoms with van der Waals surface area (Å²) in [5.41, 5.74) is 1.15. The van der Waals surface area contributed by atoms with Crippen LogP contribution in [0, 0.1) is 0 Å². The molecule has 0 spiro atoms. The number of carbonyl (C=O) groups is 2. The number of hydrogen-bond donors (Lipinski definition) is 2. The molecule has 0 aliphatic carbocycles. The number of ether oxygens (including phenoxy) is 3. The molecule has 174 valence electrons. The topological polar surface area (TPSA) is 138 Å². The van der Waals surface area contributed by atoms with Crippen LogP contribution in [0.4, 0.5) is 5.82 Å². The van der Waals surface area contributed by atoms with Crippen molar-refractivity contribution in [2.45, 2.75) is 44.3 Å². The van der Waals surface area contributed by atoms with Crippen LogP contribution in [0.1, 0.15) is 36.4 Å². The van der Waals surface area contributed by atoms with Gasteiger partial charge in [0.25, 0.3) is 0 Å². The molecule has 33 heavy (non-hydrogen) atoms. The van der Waals surface area contributed by atoms with Crippen LogP contribution in [0.25, 0.3) is 11.2 Å². The molecule has 2 N–H and O–H groups in total. The predicted molar refractivity (Wildman–Crippen MR) is 116 cm³/mol. The number of imidazole rings is 1. The monoisotopic (exact) mass is 455 g/mol. The van der Waals surface area contributed by atoms with Crippen molar-refractivity contribution < 1.29 is 28.9 Å². The number of amides is 1. The fraction of sp³-hybridized carbons (Fsp3) is 0.409. The minimum Gasteiger partial charge on any atom is -0.453 e. The highest BCUT2D eigenvalue weighted by atomic mass is 16.6. The van der Waals surface area contributed by atoms with Crippen LogP contribution in [0.2, 0.25) is 0 Å². The molecule has 0 radical (unpaired) electrons. The number of esters is 1. The molecule has 4 atom stereocenters. The first kappa shape index (κ1) is 22.8. The largest absolute Gasteiger partial charge is 0.453 e. The quantitative estimate of drug-likeness (QED) is 0.486. The van der Waals surface area contributed by atoms with Crippen molar-refractivity contribution in [3.05, 3.63) is 48.5 Å². The van der Waals surface area contributed by atoms with E-state index < -0.39 is 30.5 Å². The van der Waals surface area contributed by atoms with Crippen molar-refractivity contribution in [3.63, 3.8) is 0 Å². The molecule has 1 aromatic carbocycles. The average Bonchev–Trinajstić information content (AvgIpc) is 3.41. The van der Waals surface area contributed by atoms with Gasteiger partial charge in [0.05, 0.1) is 18.5 Å². The molecule has 0 saturated carbocycles. The number of benzene rings is 1. The van der Waals surface area contributed by atoms with Crippen molar-refractivity contribution in [2.24, 2.45) is 0 Å². The standard InChI is InChI=1S/C22H25N5O6/c1-3-7-15(29)26-19-16-20(24-11-23-19)27(12-25-16)21-18(31-2)17(14(10-28)32-21)33-22(30)13-8-5-4-6-9-13/h4-6,8-9,11-12,14,17-18,21,28H,3,7,10H2,1-2H3,(H,23,24,26,29). The Bertz CT molecular complexity index is 1120. The maximum Gasteiger partial charge on any atom is 0.338 e. The number of aromatic nitrogens is 4. The molecule has 3 heterocycles. The van der Waals surface area contributed by atoms with E-state index >= 15 is 0 Å². The molecule has 4 unspecified atom stereocenters. The molecule has 2 aromatic heterocycles. The highest BCUT2D eigenvalue weighted by Crippen LogP contribution is 2.35. The molecule has 3 aromatic rings. The fourth-order valence-corrected chi connectivity index (χ4v) is 3.79. The third kappa shape index (κ3) is 4.56. The summed E-state index contributed by atoms with van der Waals surface area (Å²) >= 11 is 0. The molecule has 11 heteroatoms. The highest BCUT2D eigenvalue weighted by molar-refractivity contribution is 5.96. The first-order valence-electron chi connectivity index (χ1n) is 10.6. The number of aliphatic hydroxyl groups is 1. The van der Waals surface area contributed by atoms with Gasteiger partial charge in [-0.3, -0.25) is 9.36 Å². The Morgan fingerprint density at radius 1 is 1.18 bits per heavy atom. The zero-order chi connectivity index (χ0) is 23.4. The number of hydrogen-bond acceptors (Lipinski definition) is 9. The molecule has 11 nitrogen and oxygen atoms in total. The number of aliphatic hydroxyl groups excluding tert-OH is 1. The summed E-state index contributed by atoms with van der Waals surface area (Å²) in [7, 11) is 1.47. The van der Waals surface area contributed by atoms with Gasteiger partial charge in [0.2, 0.25) is 5.91 Å². The fourth-order valence-electron chi connectivity index (χ4n) is 3.79. The number of methoxy groups -OCH3 is 1. The number of carbonyl (C=O) groups excluding carboxylic acids is 2. The summed E-state index contributed by atoms with van der Waals surface area (Å²) in [5, 5.41) is 12.6. The molecule has 0 bridgehead atoms. The van der Waals surface area contributed by atoms with Crippen LogP contribution >= 0.6 is 0 Å². The number of nitrogens with zero attached hydrogens (tertiary/aromatic N) is 4. The third-order valence-corrected chi connectivity index (χ3v) is 5.36. The smallest absolute Gasteiger partial charge is 0.338 e. The van der Waals surface area contributed by atoms with E-state index in [1.165, 1.54) is 19.8 Å². The van der Waals surface area contributed by atoms with Gasteiger partial charge < -0.3 is 24.6 Å². The van der Waals surface area contributed by atoms with Crippen molar-refractivity contribution in [3.8, 4) is 0 Å². The maximum absolute atomic E-state index is 12.6. The van der Waals surface area contributed by atoms with Crippen molar-refractivity contribution in [1.82, 2.24) is 19.5 Å². The van der Waals surface area contributed by atoms with Crippen molar-refractivity contribution >= 4 is 28.9 Å². The lowest BCUT2D eigenvalue weighted by atomic mass is 10.1. The Kier molecular flexibility index (Phi) is 6.92. The summed E-state index contributed by atoms with van der Waals surface area (Å²) in [6.07, 6.45) is 0.620. The normalized spacial score (nSPS) is 22.4. The van der Waals surface area contributed by atoms with E-state index in [4.69, 9.17) is 14.2 Å². The second kappa shape index (κ2) is 10.0. The van der Waals surface area contributed by atoms with E-state index in [9.17, 15) is 14.7 Å². The Labute approximate surface area is 189 Å². The van der Waals surface area contributed by atoms with E-state index in [0.717, 1.165) is 0 Å². The van der Waals surface area contributed by atoms with E-state index in [2.05, 4.69) is 20.3 Å². The lowest BCUT2D eigenvalue weighted by Gasteiger charge is -2.23. The van der Waals surface area contributed by atoms with Crippen LogP contribution in [-0.2, 0) is 19.0 Å². The second-order valence-electron chi connectivity index (χ2n) is 7.53. The van der Waals surface area contributed by atoms with Crippen LogP contribution in [0.5, 0.6) is 0 Å². The number of nitrogens with one attached hydrogen (secondary N) is 1. The molecular formula is C22H25N5O6. The summed E-state index contributed by atoms with van der Waals surface area (Å²) < 4.78 is 18.9. The molecular weight excluding hydrogens is 430 g/mol. The van der Waals surface area contributed by atoms with Crippen LogP contribution in [0.3, 0.4) is 0 Å². The lowest BCUT2D eigenvalue weighted by molar-refractivity contribution is -0.116. The number of fused-ring (bicyclic) bond motifs is 1. The summed E-state index contributed by atoms with van der Waals surface area (Å²) in [6.45, 7) is 1.52. The molecule has 1 fully saturated rings. The van der Waals surface area contributed by atoms with Gasteiger partial charge in [-0.05, 0) is 18.6 Å². The highest BCUT2D eigenvalue weighted by Gasteiger charge is 2.48. The predicted octanol–water partition coefficient (Wildman–Crippen LogP) is 1.70. The average molecular weight is 455 g/mol. The van der Waals surface area contributed by atoms with Gasteiger partial charge in [-0.25, -0.2) is 19.7 Å². The van der Waals surface area contributed by atoms with E-state index in [1.54, 1.807) is 34.9 Å². The minimum absolute atomic E-state index is 0.174. The van der Waals surface area contributed by atoms with Gasteiger partial charge in [0, 0.05) is 13.5 Å². The maximum atomic E-state index is 12.6. The zero-order valence-electron chi connectivity index (χ0n) is 18.2. The summed E-state index contributed by atoms with van der Waals surface area (Å²) in [5.74, 6) is -0.439. The van der Waals surface area contributed by atoms with Gasteiger partial charge >= 0.3 is 5.97 Å². The Hall–Kier alpha value is -3.41. The van der Waals surface area contributed by atoms with Crippen molar-refractivity contribution in [1.29, 1.82) is 0 Å². The zero-order valence-corrected chi connectivity index (χ0v) is 18.2. The minimum atomic E-state index is -0.874. The second-order valence-corrected chi connectivity index (χ2v) is 7.53. The van der Waals surface area contributed by atoms with E-state index in [1.807, 2.05) is 6.92 Å². The molecule has 4 rings (SSSR count). The third-order valence-electron chi connectivity index (χ3n) is 5.36. The molecule has 1 aliphatic rings. The van der Waals surface area contributed by atoms with Crippen LogP contribution in [0.15, 0.2) is 43.0 Å². The van der Waals surface area contributed by atoms with Crippen molar-refractivity contribution in [2.75, 3.05) is 19.0 Å². The first-order valence-corrected chi connectivity index (χ1v) is 10.6. The van der Waals surface area contributed by atoms with Gasteiger partial charge in [-0.1, -0.05) is 25.1 Å². The number of anilines is 1. The van der Waals surface area contributed by atoms with Crippen LogP contribution < -0.4 is 5.32 Å². The molecule has 1 amide bonds. The molecule has 1 aliphatic heterocycles. The lowest BCUT2D eigenvalue weighted by Crippen LogP contribution is -2.39. The SMILES string of the molecule is CCCC(=O)Nc1ncnc2c1ncn2C1OC(CO)C(OC(=O)c2ccccc2)C1OC. The van der Waals surface area contributed by atoms with Crippen LogP contribution in [-0.4, -0.2) is 68.5 Å². The van der Waals surface area contributed by atoms with Gasteiger partial charge in [0.15, 0.2) is 29.3 Å². The molecule has 1 saturated heterocycles.